The molecular formula is C20H34N4O2. The van der Waals surface area contributed by atoms with Crippen molar-refractivity contribution in [2.45, 2.75) is 26.7 Å². The van der Waals surface area contributed by atoms with Gasteiger partial charge in [0.2, 0.25) is 0 Å². The summed E-state index contributed by atoms with van der Waals surface area (Å²) in [5, 5.41) is 3.38. The van der Waals surface area contributed by atoms with Crippen LogP contribution >= 0.6 is 0 Å². The summed E-state index contributed by atoms with van der Waals surface area (Å²) in [7, 11) is 5.88. The fourth-order valence-corrected chi connectivity index (χ4v) is 3.67. The van der Waals surface area contributed by atoms with Crippen LogP contribution in [0.1, 0.15) is 37.0 Å². The number of likely N-dealkylation sites (tertiary alicyclic amines) is 1. The first-order chi connectivity index (χ1) is 12.3. The van der Waals surface area contributed by atoms with E-state index in [-0.39, 0.29) is 11.3 Å². The second kappa shape index (κ2) is 9.33. The number of anilines is 1. The molecule has 1 atom stereocenters. The second-order valence-corrected chi connectivity index (χ2v) is 8.40. The summed E-state index contributed by atoms with van der Waals surface area (Å²) < 4.78 is 5.25. The molecule has 1 aromatic heterocycles. The SMILES string of the molecule is COC[C@@H]1CCCN(C(=O)c2ccc(NCC(C)(C)CN(C)C)nc2)C1. The van der Waals surface area contributed by atoms with E-state index < -0.39 is 0 Å². The first kappa shape index (κ1) is 20.6. The van der Waals surface area contributed by atoms with E-state index in [4.69, 9.17) is 4.74 Å². The van der Waals surface area contributed by atoms with Gasteiger partial charge in [-0.2, -0.15) is 0 Å². The van der Waals surface area contributed by atoms with Crippen LogP contribution in [0, 0.1) is 11.3 Å². The Morgan fingerprint density at radius 2 is 2.19 bits per heavy atom. The first-order valence-electron chi connectivity index (χ1n) is 9.43. The number of aromatic nitrogens is 1. The van der Waals surface area contributed by atoms with Crippen molar-refractivity contribution in [2.75, 3.05) is 59.3 Å². The van der Waals surface area contributed by atoms with Gasteiger partial charge >= 0.3 is 0 Å². The third-order valence-corrected chi connectivity index (χ3v) is 4.71. The fourth-order valence-electron chi connectivity index (χ4n) is 3.67. The lowest BCUT2D eigenvalue weighted by Gasteiger charge is -2.32. The van der Waals surface area contributed by atoms with Crippen LogP contribution in [0.15, 0.2) is 18.3 Å². The van der Waals surface area contributed by atoms with Crippen molar-refractivity contribution in [3.05, 3.63) is 23.9 Å². The number of methoxy groups -OCH3 is 1. The van der Waals surface area contributed by atoms with Gasteiger partial charge in [0.05, 0.1) is 12.2 Å². The molecule has 6 nitrogen and oxygen atoms in total. The molecule has 2 heterocycles. The van der Waals surface area contributed by atoms with Crippen molar-refractivity contribution in [3.63, 3.8) is 0 Å². The Balaban J connectivity index is 1.91. The third-order valence-electron chi connectivity index (χ3n) is 4.71. The highest BCUT2D eigenvalue weighted by Crippen LogP contribution is 2.20. The maximum absolute atomic E-state index is 12.7. The van der Waals surface area contributed by atoms with Gasteiger partial charge in [-0.05, 0) is 50.4 Å². The van der Waals surface area contributed by atoms with E-state index in [1.807, 2.05) is 17.0 Å². The maximum atomic E-state index is 12.7. The molecule has 1 aromatic rings. The molecule has 1 aliphatic rings. The highest BCUT2D eigenvalue weighted by molar-refractivity contribution is 5.94. The molecule has 6 heteroatoms. The Morgan fingerprint density at radius 1 is 1.42 bits per heavy atom. The number of hydrogen-bond donors (Lipinski definition) is 1. The van der Waals surface area contributed by atoms with Gasteiger partial charge in [-0.25, -0.2) is 4.98 Å². The van der Waals surface area contributed by atoms with Crippen LogP contribution < -0.4 is 5.32 Å². The Morgan fingerprint density at radius 3 is 2.81 bits per heavy atom. The molecule has 0 aromatic carbocycles. The van der Waals surface area contributed by atoms with E-state index in [2.05, 4.69) is 43.1 Å². The minimum absolute atomic E-state index is 0.0674. The van der Waals surface area contributed by atoms with Crippen LogP contribution in [0.5, 0.6) is 0 Å². The molecule has 146 valence electrons. The zero-order valence-corrected chi connectivity index (χ0v) is 16.9. The molecular weight excluding hydrogens is 328 g/mol. The largest absolute Gasteiger partial charge is 0.384 e. The number of carbonyl (C=O) groups is 1. The average Bonchev–Trinajstić information content (AvgIpc) is 2.59. The predicted molar refractivity (Wildman–Crippen MR) is 106 cm³/mol. The molecule has 0 spiro atoms. The lowest BCUT2D eigenvalue weighted by Crippen LogP contribution is -2.41. The zero-order chi connectivity index (χ0) is 19.2. The number of hydrogen-bond acceptors (Lipinski definition) is 5. The molecule has 1 N–H and O–H groups in total. The van der Waals surface area contributed by atoms with Crippen molar-refractivity contribution < 1.29 is 9.53 Å². The third kappa shape index (κ3) is 6.25. The number of pyridine rings is 1. The number of nitrogens with zero attached hydrogens (tertiary/aromatic N) is 3. The monoisotopic (exact) mass is 362 g/mol. The lowest BCUT2D eigenvalue weighted by atomic mass is 9.93. The van der Waals surface area contributed by atoms with Gasteiger partial charge in [-0.15, -0.1) is 0 Å². The van der Waals surface area contributed by atoms with Gasteiger partial charge in [0.1, 0.15) is 5.82 Å². The highest BCUT2D eigenvalue weighted by Gasteiger charge is 2.24. The van der Waals surface area contributed by atoms with Gasteiger partial charge in [-0.3, -0.25) is 4.79 Å². The summed E-state index contributed by atoms with van der Waals surface area (Å²) in [6.07, 6.45) is 3.85. The Hall–Kier alpha value is -1.66. The first-order valence-corrected chi connectivity index (χ1v) is 9.43. The Bertz CT molecular complexity index is 570. The van der Waals surface area contributed by atoms with E-state index >= 15 is 0 Å². The molecule has 0 radical (unpaired) electrons. The summed E-state index contributed by atoms with van der Waals surface area (Å²) in [5.41, 5.74) is 0.797. The number of amides is 1. The predicted octanol–water partition coefficient (Wildman–Crippen LogP) is 2.58. The van der Waals surface area contributed by atoms with Crippen molar-refractivity contribution in [1.82, 2.24) is 14.8 Å². The number of nitrogens with one attached hydrogen (secondary N) is 1. The molecule has 1 amide bonds. The van der Waals surface area contributed by atoms with E-state index in [1.54, 1.807) is 13.3 Å². The number of piperidine rings is 1. The standard InChI is InChI=1S/C20H34N4O2/c1-20(2,15-23(3)4)14-22-18-9-8-17(11-21-18)19(25)24-10-6-7-16(12-24)13-26-5/h8-9,11,16H,6-7,10,12-15H2,1-5H3,(H,21,22)/t16-/m1/s1. The summed E-state index contributed by atoms with van der Waals surface area (Å²) in [5.74, 6) is 1.31. The summed E-state index contributed by atoms with van der Waals surface area (Å²) in [6, 6.07) is 3.77. The Labute approximate surface area is 157 Å². The number of ether oxygens (including phenoxy) is 1. The van der Waals surface area contributed by atoms with Crippen molar-refractivity contribution in [3.8, 4) is 0 Å². The minimum atomic E-state index is 0.0674. The van der Waals surface area contributed by atoms with E-state index in [0.29, 0.717) is 18.1 Å². The van der Waals surface area contributed by atoms with Gasteiger partial charge < -0.3 is 19.9 Å². The highest BCUT2D eigenvalue weighted by atomic mass is 16.5. The molecule has 1 fully saturated rings. The molecule has 0 bridgehead atoms. The van der Waals surface area contributed by atoms with E-state index in [0.717, 1.165) is 44.8 Å². The second-order valence-electron chi connectivity index (χ2n) is 8.40. The smallest absolute Gasteiger partial charge is 0.255 e. The van der Waals surface area contributed by atoms with Crippen LogP contribution in [0.4, 0.5) is 5.82 Å². The van der Waals surface area contributed by atoms with Crippen LogP contribution in [-0.4, -0.2) is 74.7 Å². The summed E-state index contributed by atoms with van der Waals surface area (Å²) in [4.78, 5) is 21.3. The number of carbonyl (C=O) groups excluding carboxylic acids is 1. The van der Waals surface area contributed by atoms with Gasteiger partial charge in [0.15, 0.2) is 0 Å². The molecule has 0 aliphatic carbocycles. The molecule has 2 rings (SSSR count). The maximum Gasteiger partial charge on any atom is 0.255 e. The van der Waals surface area contributed by atoms with Crippen molar-refractivity contribution >= 4 is 11.7 Å². The van der Waals surface area contributed by atoms with Crippen LogP contribution in [0.25, 0.3) is 0 Å². The molecule has 0 saturated carbocycles. The topological polar surface area (TPSA) is 57.7 Å². The van der Waals surface area contributed by atoms with Crippen LogP contribution in [-0.2, 0) is 4.74 Å². The van der Waals surface area contributed by atoms with E-state index in [9.17, 15) is 4.79 Å². The summed E-state index contributed by atoms with van der Waals surface area (Å²) >= 11 is 0. The van der Waals surface area contributed by atoms with Crippen LogP contribution in [0.2, 0.25) is 0 Å². The van der Waals surface area contributed by atoms with Gasteiger partial charge in [-0.1, -0.05) is 13.8 Å². The fraction of sp³-hybridized carbons (Fsp3) is 0.700. The average molecular weight is 363 g/mol. The number of rotatable bonds is 8. The van der Waals surface area contributed by atoms with Crippen molar-refractivity contribution in [2.24, 2.45) is 11.3 Å². The molecule has 1 saturated heterocycles. The Kier molecular flexibility index (Phi) is 7.41. The molecule has 1 aliphatic heterocycles. The lowest BCUT2D eigenvalue weighted by molar-refractivity contribution is 0.0570. The van der Waals surface area contributed by atoms with Gasteiger partial charge in [0.25, 0.3) is 5.91 Å². The normalized spacial score (nSPS) is 18.2. The minimum Gasteiger partial charge on any atom is -0.384 e. The molecule has 0 unspecified atom stereocenters. The van der Waals surface area contributed by atoms with E-state index in [1.165, 1.54) is 0 Å². The van der Waals surface area contributed by atoms with Crippen LogP contribution in [0.3, 0.4) is 0 Å². The van der Waals surface area contributed by atoms with Crippen molar-refractivity contribution in [1.29, 1.82) is 0 Å². The zero-order valence-electron chi connectivity index (χ0n) is 16.9. The summed E-state index contributed by atoms with van der Waals surface area (Å²) in [6.45, 7) is 8.58. The molecule has 26 heavy (non-hydrogen) atoms. The quantitative estimate of drug-likeness (QED) is 0.770. The van der Waals surface area contributed by atoms with Gasteiger partial charge in [0, 0.05) is 39.5 Å².